The van der Waals surface area contributed by atoms with Gasteiger partial charge in [0.2, 0.25) is 0 Å². The number of furan rings is 1. The molecule has 10 rings (SSSR count). The van der Waals surface area contributed by atoms with Crippen molar-refractivity contribution in [3.63, 3.8) is 0 Å². The summed E-state index contributed by atoms with van der Waals surface area (Å²) in [6, 6.07) is 54.4. The second-order valence-electron chi connectivity index (χ2n) is 12.7. The Morgan fingerprint density at radius 3 is 1.80 bits per heavy atom. The topological polar surface area (TPSA) is 64.7 Å². The number of fused-ring (bicyclic) bond motifs is 5. The molecule has 0 bridgehead atoms. The van der Waals surface area contributed by atoms with Crippen molar-refractivity contribution in [1.82, 2.24) is 19.9 Å². The smallest absolute Gasteiger partial charge is 0.164 e. The molecule has 51 heavy (non-hydrogen) atoms. The number of nitrogens with zero attached hydrogens (tertiary/aromatic N) is 4. The highest BCUT2D eigenvalue weighted by Gasteiger charge is 2.21. The van der Waals surface area contributed by atoms with E-state index in [1.807, 2.05) is 54.9 Å². The van der Waals surface area contributed by atoms with Gasteiger partial charge >= 0.3 is 0 Å². The van der Waals surface area contributed by atoms with Crippen molar-refractivity contribution < 1.29 is 4.42 Å². The van der Waals surface area contributed by atoms with Crippen LogP contribution in [0.25, 0.3) is 99.9 Å². The van der Waals surface area contributed by atoms with Crippen molar-refractivity contribution in [3.8, 4) is 56.4 Å². The SMILES string of the molecule is c1ccc(-c2ccc(-c3ccc(-c4nc(-c5ccccc5)nc(-c5ccc6ccccc6c5)n4)c4c3oc3cc5cnccc5cc34)cc2)cc1. The van der Waals surface area contributed by atoms with Crippen molar-refractivity contribution in [1.29, 1.82) is 0 Å². The quantitative estimate of drug-likeness (QED) is 0.185. The van der Waals surface area contributed by atoms with Gasteiger partial charge in [-0.05, 0) is 69.2 Å². The van der Waals surface area contributed by atoms with Crippen molar-refractivity contribution in [2.24, 2.45) is 0 Å². The number of benzene rings is 7. The minimum atomic E-state index is 0.584. The molecule has 0 saturated heterocycles. The molecule has 0 aliphatic heterocycles. The normalized spacial score (nSPS) is 11.5. The summed E-state index contributed by atoms with van der Waals surface area (Å²) in [7, 11) is 0. The molecular formula is C46H28N4O. The van der Waals surface area contributed by atoms with E-state index < -0.39 is 0 Å². The average Bonchev–Trinajstić information content (AvgIpc) is 3.58. The van der Waals surface area contributed by atoms with E-state index in [9.17, 15) is 0 Å². The van der Waals surface area contributed by atoms with Crippen LogP contribution in [-0.2, 0) is 0 Å². The van der Waals surface area contributed by atoms with E-state index in [1.54, 1.807) is 0 Å². The first-order valence-electron chi connectivity index (χ1n) is 17.0. The molecule has 3 aromatic heterocycles. The molecule has 0 atom stereocenters. The van der Waals surface area contributed by atoms with E-state index in [1.165, 1.54) is 10.9 Å². The molecule has 0 radical (unpaired) electrons. The van der Waals surface area contributed by atoms with Crippen molar-refractivity contribution in [3.05, 3.63) is 170 Å². The Hall–Kier alpha value is -6.98. The predicted molar refractivity (Wildman–Crippen MR) is 207 cm³/mol. The van der Waals surface area contributed by atoms with Gasteiger partial charge in [0.1, 0.15) is 11.2 Å². The molecule has 0 N–H and O–H groups in total. The number of pyridine rings is 1. The maximum Gasteiger partial charge on any atom is 0.164 e. The zero-order valence-electron chi connectivity index (χ0n) is 27.4. The van der Waals surface area contributed by atoms with Gasteiger partial charge < -0.3 is 4.42 Å². The standard InChI is InChI=1S/C46H28N4O/c1-3-9-29(10-4-1)31-15-18-32(19-16-31)38-21-22-39(42-40-26-35-23-24-47-28-37(35)27-41(40)51-43(38)42)46-49-44(33-12-5-2-6-13-33)48-45(50-46)36-20-17-30-11-7-8-14-34(30)25-36/h1-28H. The third-order valence-electron chi connectivity index (χ3n) is 9.60. The third-order valence-corrected chi connectivity index (χ3v) is 9.60. The first-order chi connectivity index (χ1) is 25.2. The highest BCUT2D eigenvalue weighted by Crippen LogP contribution is 2.43. The van der Waals surface area contributed by atoms with Gasteiger partial charge in [-0.15, -0.1) is 0 Å². The minimum Gasteiger partial charge on any atom is -0.455 e. The number of hydrogen-bond acceptors (Lipinski definition) is 5. The summed E-state index contributed by atoms with van der Waals surface area (Å²) in [6.07, 6.45) is 3.70. The van der Waals surface area contributed by atoms with Gasteiger partial charge in [-0.25, -0.2) is 15.0 Å². The molecule has 5 heteroatoms. The molecular weight excluding hydrogens is 625 g/mol. The Bertz CT molecular complexity index is 2900. The number of rotatable bonds is 5. The van der Waals surface area contributed by atoms with Crippen LogP contribution in [0.4, 0.5) is 0 Å². The van der Waals surface area contributed by atoms with Crippen LogP contribution in [0.15, 0.2) is 175 Å². The lowest BCUT2D eigenvalue weighted by molar-refractivity contribution is 0.670. The van der Waals surface area contributed by atoms with Crippen LogP contribution >= 0.6 is 0 Å². The monoisotopic (exact) mass is 652 g/mol. The lowest BCUT2D eigenvalue weighted by Crippen LogP contribution is -2.00. The molecule has 10 aromatic rings. The first kappa shape index (κ1) is 29.0. The van der Waals surface area contributed by atoms with Crippen LogP contribution in [0, 0.1) is 0 Å². The first-order valence-corrected chi connectivity index (χ1v) is 17.0. The summed E-state index contributed by atoms with van der Waals surface area (Å²) in [5.41, 5.74) is 8.70. The zero-order valence-corrected chi connectivity index (χ0v) is 27.4. The van der Waals surface area contributed by atoms with Gasteiger partial charge in [-0.1, -0.05) is 121 Å². The maximum atomic E-state index is 6.80. The highest BCUT2D eigenvalue weighted by molar-refractivity contribution is 6.18. The van der Waals surface area contributed by atoms with Gasteiger partial charge in [0, 0.05) is 50.8 Å². The predicted octanol–water partition coefficient (Wildman–Crippen LogP) is 11.8. The number of hydrogen-bond donors (Lipinski definition) is 0. The number of aromatic nitrogens is 4. The Kier molecular flexibility index (Phi) is 6.74. The van der Waals surface area contributed by atoms with Crippen LogP contribution in [0.2, 0.25) is 0 Å². The van der Waals surface area contributed by atoms with E-state index in [2.05, 4.69) is 120 Å². The maximum absolute atomic E-state index is 6.80. The Morgan fingerprint density at radius 2 is 1.00 bits per heavy atom. The molecule has 7 aromatic carbocycles. The van der Waals surface area contributed by atoms with E-state index in [4.69, 9.17) is 19.4 Å². The second kappa shape index (κ2) is 11.9. The fourth-order valence-electron chi connectivity index (χ4n) is 7.02. The molecule has 0 saturated carbocycles. The molecule has 0 aliphatic rings. The van der Waals surface area contributed by atoms with Crippen LogP contribution in [0.5, 0.6) is 0 Å². The summed E-state index contributed by atoms with van der Waals surface area (Å²) in [4.78, 5) is 19.7. The summed E-state index contributed by atoms with van der Waals surface area (Å²) in [5, 5.41) is 6.36. The Morgan fingerprint density at radius 1 is 0.392 bits per heavy atom. The van der Waals surface area contributed by atoms with Crippen LogP contribution < -0.4 is 0 Å². The second-order valence-corrected chi connectivity index (χ2v) is 12.7. The van der Waals surface area contributed by atoms with Gasteiger partial charge in [0.05, 0.1) is 0 Å². The van der Waals surface area contributed by atoms with E-state index in [0.717, 1.165) is 71.5 Å². The summed E-state index contributed by atoms with van der Waals surface area (Å²) >= 11 is 0. The molecule has 0 spiro atoms. The van der Waals surface area contributed by atoms with Crippen LogP contribution in [0.1, 0.15) is 0 Å². The molecule has 0 amide bonds. The molecule has 3 heterocycles. The lowest BCUT2D eigenvalue weighted by Gasteiger charge is -2.11. The fraction of sp³-hybridized carbons (Fsp3) is 0. The van der Waals surface area contributed by atoms with E-state index in [-0.39, 0.29) is 0 Å². The van der Waals surface area contributed by atoms with Gasteiger partial charge in [-0.3, -0.25) is 4.98 Å². The molecule has 238 valence electrons. The third kappa shape index (κ3) is 5.11. The fourth-order valence-corrected chi connectivity index (χ4v) is 7.02. The zero-order chi connectivity index (χ0) is 33.7. The highest BCUT2D eigenvalue weighted by atomic mass is 16.3. The molecule has 5 nitrogen and oxygen atoms in total. The Labute approximate surface area is 293 Å². The molecule has 0 unspecified atom stereocenters. The largest absolute Gasteiger partial charge is 0.455 e. The van der Waals surface area contributed by atoms with Crippen molar-refractivity contribution in [2.45, 2.75) is 0 Å². The van der Waals surface area contributed by atoms with E-state index in [0.29, 0.717) is 17.5 Å². The van der Waals surface area contributed by atoms with Gasteiger partial charge in [-0.2, -0.15) is 0 Å². The summed E-state index contributed by atoms with van der Waals surface area (Å²) in [5.74, 6) is 1.81. The minimum absolute atomic E-state index is 0.584. The van der Waals surface area contributed by atoms with Crippen molar-refractivity contribution in [2.75, 3.05) is 0 Å². The summed E-state index contributed by atoms with van der Waals surface area (Å²) in [6.45, 7) is 0. The summed E-state index contributed by atoms with van der Waals surface area (Å²) < 4.78 is 6.80. The van der Waals surface area contributed by atoms with Crippen molar-refractivity contribution >= 4 is 43.5 Å². The molecule has 0 aliphatic carbocycles. The van der Waals surface area contributed by atoms with Gasteiger partial charge in [0.15, 0.2) is 17.5 Å². The van der Waals surface area contributed by atoms with Crippen LogP contribution in [-0.4, -0.2) is 19.9 Å². The Balaban J connectivity index is 1.22. The van der Waals surface area contributed by atoms with Crippen LogP contribution in [0.3, 0.4) is 0 Å². The molecule has 0 fully saturated rings. The van der Waals surface area contributed by atoms with E-state index >= 15 is 0 Å². The van der Waals surface area contributed by atoms with Gasteiger partial charge in [0.25, 0.3) is 0 Å². The lowest BCUT2D eigenvalue weighted by atomic mass is 9.96. The average molecular weight is 653 g/mol.